The summed E-state index contributed by atoms with van der Waals surface area (Å²) in [6, 6.07) is 12.5. The topological polar surface area (TPSA) is 17.1 Å². The zero-order valence-electron chi connectivity index (χ0n) is 11.6. The summed E-state index contributed by atoms with van der Waals surface area (Å²) in [6.45, 7) is 4.25. The predicted octanol–water partition coefficient (Wildman–Crippen LogP) is 4.36. The zero-order chi connectivity index (χ0) is 13.7. The van der Waals surface area contributed by atoms with Crippen molar-refractivity contribution in [3.8, 4) is 0 Å². The fraction of sp³-hybridized carbons (Fsp3) is 0.353. The first-order valence-corrected chi connectivity index (χ1v) is 7.64. The maximum Gasteiger partial charge on any atom is 0.138 e. The lowest BCUT2D eigenvalue weighted by Gasteiger charge is -2.04. The third-order valence-electron chi connectivity index (χ3n) is 3.37. The SMILES string of the molecule is CCc1ccc(CC(=O)CCc2ccccc2C)s1. The number of benzene rings is 1. The van der Waals surface area contributed by atoms with Gasteiger partial charge in [-0.15, -0.1) is 11.3 Å². The van der Waals surface area contributed by atoms with Gasteiger partial charge in [-0.1, -0.05) is 31.2 Å². The van der Waals surface area contributed by atoms with Crippen LogP contribution in [0.1, 0.15) is 34.2 Å². The zero-order valence-corrected chi connectivity index (χ0v) is 12.4. The van der Waals surface area contributed by atoms with Gasteiger partial charge in [-0.2, -0.15) is 0 Å². The highest BCUT2D eigenvalue weighted by Gasteiger charge is 2.07. The fourth-order valence-electron chi connectivity index (χ4n) is 2.15. The first-order chi connectivity index (χ1) is 9.19. The first kappa shape index (κ1) is 14.0. The largest absolute Gasteiger partial charge is 0.299 e. The van der Waals surface area contributed by atoms with E-state index in [9.17, 15) is 4.79 Å². The van der Waals surface area contributed by atoms with Crippen LogP contribution in [-0.4, -0.2) is 5.78 Å². The van der Waals surface area contributed by atoms with Gasteiger partial charge in [0.25, 0.3) is 0 Å². The molecule has 0 atom stereocenters. The highest BCUT2D eigenvalue weighted by Crippen LogP contribution is 2.18. The summed E-state index contributed by atoms with van der Waals surface area (Å²) in [5, 5.41) is 0. The second-order valence-electron chi connectivity index (χ2n) is 4.86. The molecule has 19 heavy (non-hydrogen) atoms. The van der Waals surface area contributed by atoms with Crippen LogP contribution in [0, 0.1) is 6.92 Å². The number of carbonyl (C=O) groups excluding carboxylic acids is 1. The molecule has 0 aliphatic carbocycles. The molecular weight excluding hydrogens is 252 g/mol. The monoisotopic (exact) mass is 272 g/mol. The minimum Gasteiger partial charge on any atom is -0.299 e. The summed E-state index contributed by atoms with van der Waals surface area (Å²) in [6.07, 6.45) is 3.15. The van der Waals surface area contributed by atoms with Crippen LogP contribution < -0.4 is 0 Å². The average molecular weight is 272 g/mol. The highest BCUT2D eigenvalue weighted by atomic mass is 32.1. The molecule has 0 fully saturated rings. The van der Waals surface area contributed by atoms with Gasteiger partial charge in [0.2, 0.25) is 0 Å². The van der Waals surface area contributed by atoms with Gasteiger partial charge in [0, 0.05) is 22.6 Å². The number of rotatable bonds is 6. The Morgan fingerprint density at radius 3 is 2.53 bits per heavy atom. The Hall–Kier alpha value is -1.41. The molecule has 2 heteroatoms. The number of thiophene rings is 1. The maximum atomic E-state index is 12.0. The summed E-state index contributed by atoms with van der Waals surface area (Å²) in [5.74, 6) is 0.341. The lowest BCUT2D eigenvalue weighted by molar-refractivity contribution is -0.118. The van der Waals surface area contributed by atoms with Gasteiger partial charge in [-0.25, -0.2) is 0 Å². The van der Waals surface area contributed by atoms with Crippen molar-refractivity contribution in [2.45, 2.75) is 39.5 Å². The molecule has 1 aromatic heterocycles. The Kier molecular flexibility index (Phi) is 4.92. The summed E-state index contributed by atoms with van der Waals surface area (Å²) in [4.78, 5) is 14.6. The Balaban J connectivity index is 1.86. The second-order valence-corrected chi connectivity index (χ2v) is 6.12. The van der Waals surface area contributed by atoms with E-state index in [-0.39, 0.29) is 0 Å². The van der Waals surface area contributed by atoms with Crippen LogP contribution in [0.25, 0.3) is 0 Å². The van der Waals surface area contributed by atoms with Crippen molar-refractivity contribution in [1.82, 2.24) is 0 Å². The number of aryl methyl sites for hydroxylation is 3. The Morgan fingerprint density at radius 2 is 1.84 bits per heavy atom. The molecule has 0 unspecified atom stereocenters. The molecule has 2 rings (SSSR count). The normalized spacial score (nSPS) is 10.6. The Labute approximate surface area is 119 Å². The van der Waals surface area contributed by atoms with Crippen LogP contribution >= 0.6 is 11.3 Å². The van der Waals surface area contributed by atoms with Crippen molar-refractivity contribution in [2.24, 2.45) is 0 Å². The number of Topliss-reactive ketones (excluding diaryl/α,β-unsaturated/α-hetero) is 1. The molecule has 0 bridgehead atoms. The van der Waals surface area contributed by atoms with Crippen molar-refractivity contribution in [3.05, 3.63) is 57.3 Å². The van der Waals surface area contributed by atoms with Gasteiger partial charge in [0.15, 0.2) is 0 Å². The molecule has 0 aliphatic rings. The van der Waals surface area contributed by atoms with Crippen LogP contribution in [0.3, 0.4) is 0 Å². The van der Waals surface area contributed by atoms with Gasteiger partial charge in [-0.05, 0) is 43.0 Å². The van der Waals surface area contributed by atoms with Crippen molar-refractivity contribution in [2.75, 3.05) is 0 Å². The van der Waals surface area contributed by atoms with E-state index in [1.54, 1.807) is 11.3 Å². The van der Waals surface area contributed by atoms with E-state index < -0.39 is 0 Å². The van der Waals surface area contributed by atoms with Crippen LogP contribution in [0.4, 0.5) is 0 Å². The Bertz CT molecular complexity index is 554. The van der Waals surface area contributed by atoms with Gasteiger partial charge >= 0.3 is 0 Å². The van der Waals surface area contributed by atoms with Gasteiger partial charge in [0.1, 0.15) is 5.78 Å². The van der Waals surface area contributed by atoms with Crippen LogP contribution in [0.2, 0.25) is 0 Å². The molecular formula is C17H20OS. The maximum absolute atomic E-state index is 12.0. The predicted molar refractivity (Wildman–Crippen MR) is 81.9 cm³/mol. The molecule has 1 heterocycles. The minimum atomic E-state index is 0.341. The lowest BCUT2D eigenvalue weighted by atomic mass is 10.0. The molecule has 2 aromatic rings. The average Bonchev–Trinajstić information content (AvgIpc) is 2.85. The Morgan fingerprint density at radius 1 is 1.11 bits per heavy atom. The summed E-state index contributed by atoms with van der Waals surface area (Å²) < 4.78 is 0. The molecule has 0 aliphatic heterocycles. The third-order valence-corrected chi connectivity index (χ3v) is 4.60. The summed E-state index contributed by atoms with van der Waals surface area (Å²) in [5.41, 5.74) is 2.57. The molecule has 1 nitrogen and oxygen atoms in total. The smallest absolute Gasteiger partial charge is 0.138 e. The number of hydrogen-bond donors (Lipinski definition) is 0. The molecule has 0 saturated carbocycles. The van der Waals surface area contributed by atoms with E-state index in [0.717, 1.165) is 12.8 Å². The van der Waals surface area contributed by atoms with E-state index >= 15 is 0 Å². The van der Waals surface area contributed by atoms with Crippen molar-refractivity contribution in [3.63, 3.8) is 0 Å². The molecule has 0 radical (unpaired) electrons. The fourth-order valence-corrected chi connectivity index (χ4v) is 3.14. The van der Waals surface area contributed by atoms with E-state index in [1.807, 2.05) is 12.1 Å². The van der Waals surface area contributed by atoms with Gasteiger partial charge in [0.05, 0.1) is 0 Å². The molecule has 0 amide bonds. The van der Waals surface area contributed by atoms with E-state index in [2.05, 4.69) is 38.1 Å². The van der Waals surface area contributed by atoms with Crippen LogP contribution in [0.5, 0.6) is 0 Å². The first-order valence-electron chi connectivity index (χ1n) is 6.83. The molecule has 1 aromatic carbocycles. The molecule has 0 N–H and O–H groups in total. The van der Waals surface area contributed by atoms with Crippen molar-refractivity contribution in [1.29, 1.82) is 0 Å². The minimum absolute atomic E-state index is 0.341. The lowest BCUT2D eigenvalue weighted by Crippen LogP contribution is -2.03. The number of hydrogen-bond acceptors (Lipinski definition) is 2. The van der Waals surface area contributed by atoms with E-state index in [1.165, 1.54) is 20.9 Å². The number of ketones is 1. The highest BCUT2D eigenvalue weighted by molar-refractivity contribution is 7.12. The van der Waals surface area contributed by atoms with Crippen LogP contribution in [0.15, 0.2) is 36.4 Å². The van der Waals surface area contributed by atoms with Crippen molar-refractivity contribution < 1.29 is 4.79 Å². The van der Waals surface area contributed by atoms with Crippen LogP contribution in [-0.2, 0) is 24.1 Å². The number of carbonyl (C=O) groups is 1. The van der Waals surface area contributed by atoms with Gasteiger partial charge < -0.3 is 0 Å². The standard InChI is InChI=1S/C17H20OS/c1-3-16-10-11-17(19-16)12-15(18)9-8-14-7-5-4-6-13(14)2/h4-7,10-11H,3,8-9,12H2,1-2H3. The molecule has 0 saturated heterocycles. The second kappa shape index (κ2) is 6.67. The molecule has 0 spiro atoms. The van der Waals surface area contributed by atoms with E-state index in [4.69, 9.17) is 0 Å². The van der Waals surface area contributed by atoms with Crippen molar-refractivity contribution >= 4 is 17.1 Å². The molecule has 100 valence electrons. The third kappa shape index (κ3) is 4.03. The quantitative estimate of drug-likeness (QED) is 0.763. The van der Waals surface area contributed by atoms with Gasteiger partial charge in [-0.3, -0.25) is 4.79 Å². The van der Waals surface area contributed by atoms with E-state index in [0.29, 0.717) is 18.6 Å². The summed E-state index contributed by atoms with van der Waals surface area (Å²) >= 11 is 1.77. The summed E-state index contributed by atoms with van der Waals surface area (Å²) in [7, 11) is 0.